The molecule has 2 aromatic rings. The molecule has 192 valence electrons. The number of ether oxygens (including phenoxy) is 1. The number of rotatable bonds is 12. The maximum atomic E-state index is 13.1. The van der Waals surface area contributed by atoms with E-state index in [9.17, 15) is 23.2 Å². The van der Waals surface area contributed by atoms with Gasteiger partial charge in [0.1, 0.15) is 0 Å². The van der Waals surface area contributed by atoms with Crippen LogP contribution in [0.4, 0.5) is 13.2 Å². The maximum Gasteiger partial charge on any atom is 0.417 e. The van der Waals surface area contributed by atoms with Gasteiger partial charge < -0.3 is 10.1 Å². The highest BCUT2D eigenvalue weighted by atomic mass is 19.4. The lowest BCUT2D eigenvalue weighted by atomic mass is 9.86. The maximum absolute atomic E-state index is 13.1. The Labute approximate surface area is 210 Å². The number of hydrogen-bond donors (Lipinski definition) is 1. The molecule has 1 N–H and O–H groups in total. The third-order valence-corrected chi connectivity index (χ3v) is 5.93. The number of aromatic nitrogens is 1. The van der Waals surface area contributed by atoms with Crippen molar-refractivity contribution in [3.05, 3.63) is 59.3 Å². The van der Waals surface area contributed by atoms with Crippen LogP contribution in [0.1, 0.15) is 81.9 Å². The van der Waals surface area contributed by atoms with Crippen molar-refractivity contribution in [3.8, 4) is 18.0 Å². The molecule has 2 unspecified atom stereocenters. The van der Waals surface area contributed by atoms with E-state index in [-0.39, 0.29) is 17.8 Å². The molecule has 0 radical (unpaired) electrons. The molecular weight excluding hydrogens is 469 g/mol. The van der Waals surface area contributed by atoms with E-state index in [1.54, 1.807) is 6.07 Å². The van der Waals surface area contributed by atoms with E-state index in [1.807, 2.05) is 25.1 Å². The zero-order valence-corrected chi connectivity index (χ0v) is 20.7. The Balaban J connectivity index is 2.10. The van der Waals surface area contributed by atoms with E-state index in [4.69, 9.17) is 10.00 Å². The average molecular weight is 501 g/mol. The molecular formula is C27H31F3N4O2. The number of hydrogen-bond acceptors (Lipinski definition) is 5. The molecule has 1 aromatic heterocycles. The van der Waals surface area contributed by atoms with Crippen LogP contribution in [0.25, 0.3) is 0 Å². The number of alkyl halides is 3. The Morgan fingerprint density at radius 3 is 2.44 bits per heavy atom. The minimum atomic E-state index is -4.51. The molecule has 1 aromatic carbocycles. The Morgan fingerprint density at radius 1 is 1.11 bits per heavy atom. The topological polar surface area (TPSA) is 98.8 Å². The summed E-state index contributed by atoms with van der Waals surface area (Å²) in [6, 6.07) is 13.2. The highest BCUT2D eigenvalue weighted by Gasteiger charge is 2.34. The van der Waals surface area contributed by atoms with Gasteiger partial charge in [0.2, 0.25) is 5.88 Å². The second-order valence-electron chi connectivity index (χ2n) is 9.21. The van der Waals surface area contributed by atoms with E-state index >= 15 is 0 Å². The number of halogens is 3. The zero-order chi connectivity index (χ0) is 26.8. The second-order valence-corrected chi connectivity index (χ2v) is 9.21. The van der Waals surface area contributed by atoms with Gasteiger partial charge in [0, 0.05) is 30.6 Å². The molecule has 0 aliphatic rings. The summed E-state index contributed by atoms with van der Waals surface area (Å²) >= 11 is 0. The molecule has 1 amide bonds. The molecule has 9 heteroatoms. The fourth-order valence-electron chi connectivity index (χ4n) is 3.86. The summed E-state index contributed by atoms with van der Waals surface area (Å²) < 4.78 is 44.0. The first-order valence-electron chi connectivity index (χ1n) is 11.9. The molecule has 2 atom stereocenters. The van der Waals surface area contributed by atoms with Crippen LogP contribution in [0, 0.1) is 22.7 Å². The highest BCUT2D eigenvalue weighted by Crippen LogP contribution is 2.30. The van der Waals surface area contributed by atoms with Crippen LogP contribution < -0.4 is 10.1 Å². The largest absolute Gasteiger partial charge is 0.462 e. The van der Waals surface area contributed by atoms with Crippen LogP contribution in [0.5, 0.6) is 5.88 Å². The van der Waals surface area contributed by atoms with Gasteiger partial charge in [0.15, 0.2) is 5.60 Å². The lowest BCUT2D eigenvalue weighted by Crippen LogP contribution is -2.50. The smallest absolute Gasteiger partial charge is 0.417 e. The quantitative estimate of drug-likeness (QED) is 0.346. The van der Waals surface area contributed by atoms with E-state index in [0.29, 0.717) is 18.2 Å². The number of carbonyl (C=O) groups excluding carboxylic acids is 1. The SMILES string of the molecule is CC(NC(=O)C(C)(C)Oc1ccc(C(F)(F)F)cn1)C(CCCCCCC#N)c1cccc(C#N)c1. The molecule has 1 heterocycles. The van der Waals surface area contributed by atoms with E-state index in [0.717, 1.165) is 49.8 Å². The number of pyridine rings is 1. The van der Waals surface area contributed by atoms with Crippen LogP contribution in [-0.2, 0) is 11.0 Å². The van der Waals surface area contributed by atoms with Gasteiger partial charge in [0.05, 0.1) is 23.3 Å². The number of carbonyl (C=O) groups is 1. The molecule has 0 bridgehead atoms. The molecule has 6 nitrogen and oxygen atoms in total. The number of benzene rings is 1. The van der Waals surface area contributed by atoms with Crippen LogP contribution in [0.3, 0.4) is 0 Å². The third kappa shape index (κ3) is 8.57. The predicted octanol–water partition coefficient (Wildman–Crippen LogP) is 6.28. The third-order valence-electron chi connectivity index (χ3n) is 5.93. The van der Waals surface area contributed by atoms with Gasteiger partial charge in [-0.05, 0) is 57.4 Å². The number of nitrogens with zero attached hydrogens (tertiary/aromatic N) is 3. The van der Waals surface area contributed by atoms with Crippen LogP contribution in [0.15, 0.2) is 42.6 Å². The lowest BCUT2D eigenvalue weighted by molar-refractivity contribution is -0.138. The van der Waals surface area contributed by atoms with E-state index < -0.39 is 23.2 Å². The zero-order valence-electron chi connectivity index (χ0n) is 20.7. The van der Waals surface area contributed by atoms with E-state index in [1.165, 1.54) is 13.8 Å². The summed E-state index contributed by atoms with van der Waals surface area (Å²) in [4.78, 5) is 16.8. The summed E-state index contributed by atoms with van der Waals surface area (Å²) in [5, 5.41) is 21.0. The predicted molar refractivity (Wildman–Crippen MR) is 129 cm³/mol. The summed E-state index contributed by atoms with van der Waals surface area (Å²) in [5.74, 6) is -0.600. The Morgan fingerprint density at radius 2 is 1.83 bits per heavy atom. The highest BCUT2D eigenvalue weighted by molar-refractivity contribution is 5.85. The molecule has 0 aliphatic carbocycles. The summed E-state index contributed by atoms with van der Waals surface area (Å²) in [5.41, 5.74) is -0.831. The first-order chi connectivity index (χ1) is 17.0. The molecule has 0 spiro atoms. The molecule has 0 saturated heterocycles. The van der Waals surface area contributed by atoms with Crippen molar-refractivity contribution in [1.82, 2.24) is 10.3 Å². The van der Waals surface area contributed by atoms with Crippen molar-refractivity contribution in [2.45, 2.75) is 83.0 Å². The summed E-state index contributed by atoms with van der Waals surface area (Å²) in [7, 11) is 0. The van der Waals surface area contributed by atoms with Crippen LogP contribution in [-0.4, -0.2) is 22.5 Å². The van der Waals surface area contributed by atoms with Crippen LogP contribution >= 0.6 is 0 Å². The van der Waals surface area contributed by atoms with Crippen molar-refractivity contribution in [1.29, 1.82) is 10.5 Å². The molecule has 36 heavy (non-hydrogen) atoms. The number of nitrogens with one attached hydrogen (secondary N) is 1. The number of unbranched alkanes of at least 4 members (excludes halogenated alkanes) is 4. The standard InChI is InChI=1S/C27H31F3N4O2/c1-19(23(12-7-5-4-6-8-15-31)21-11-9-10-20(16-21)17-32)34-25(35)26(2,3)36-24-14-13-22(18-33-24)27(28,29)30/h9-11,13-14,16,18-19,23H,4-8,12H2,1-3H3,(H,34,35). The summed E-state index contributed by atoms with van der Waals surface area (Å²) in [6.45, 7) is 4.92. The number of nitriles is 2. The normalized spacial score (nSPS) is 13.2. The average Bonchev–Trinajstić information content (AvgIpc) is 2.83. The Kier molecular flexibility index (Phi) is 10.3. The number of amides is 1. The van der Waals surface area contributed by atoms with Gasteiger partial charge in [0.25, 0.3) is 5.91 Å². The monoisotopic (exact) mass is 500 g/mol. The minimum Gasteiger partial charge on any atom is -0.462 e. The fourth-order valence-corrected chi connectivity index (χ4v) is 3.86. The molecule has 0 saturated carbocycles. The molecule has 0 fully saturated rings. The Hall–Kier alpha value is -3.59. The van der Waals surface area contributed by atoms with Crippen molar-refractivity contribution < 1.29 is 22.7 Å². The van der Waals surface area contributed by atoms with Gasteiger partial charge in [-0.3, -0.25) is 4.79 Å². The van der Waals surface area contributed by atoms with Gasteiger partial charge >= 0.3 is 6.18 Å². The van der Waals surface area contributed by atoms with Gasteiger partial charge in [-0.15, -0.1) is 0 Å². The first-order valence-corrected chi connectivity index (χ1v) is 11.9. The lowest BCUT2D eigenvalue weighted by Gasteiger charge is -2.30. The van der Waals surface area contributed by atoms with Gasteiger partial charge in [-0.2, -0.15) is 23.7 Å². The van der Waals surface area contributed by atoms with E-state index in [2.05, 4.69) is 22.4 Å². The van der Waals surface area contributed by atoms with Crippen molar-refractivity contribution in [2.24, 2.45) is 0 Å². The van der Waals surface area contributed by atoms with Gasteiger partial charge in [-0.25, -0.2) is 4.98 Å². The first kappa shape index (κ1) is 28.6. The van der Waals surface area contributed by atoms with Gasteiger partial charge in [-0.1, -0.05) is 31.4 Å². The summed E-state index contributed by atoms with van der Waals surface area (Å²) in [6.07, 6.45) is 1.09. The minimum absolute atomic E-state index is 0.0711. The van der Waals surface area contributed by atoms with Crippen molar-refractivity contribution in [3.63, 3.8) is 0 Å². The van der Waals surface area contributed by atoms with Crippen LogP contribution in [0.2, 0.25) is 0 Å². The molecule has 0 aliphatic heterocycles. The second kappa shape index (κ2) is 12.9. The Bertz CT molecular complexity index is 1090. The fraction of sp³-hybridized carbons (Fsp3) is 0.481. The van der Waals surface area contributed by atoms with Crippen molar-refractivity contribution >= 4 is 5.91 Å². The van der Waals surface area contributed by atoms with Crippen molar-refractivity contribution in [2.75, 3.05) is 0 Å². The molecule has 2 rings (SSSR count).